The quantitative estimate of drug-likeness (QED) is 0.553. The Balaban J connectivity index is 1.66. The molecule has 3 N–H and O–H groups in total. The Morgan fingerprint density at radius 2 is 1.82 bits per heavy atom. The predicted molar refractivity (Wildman–Crippen MR) is 134 cm³/mol. The third-order valence-electron chi connectivity index (χ3n) is 6.33. The van der Waals surface area contributed by atoms with Gasteiger partial charge in [0.15, 0.2) is 0 Å². The number of nitrogens with one attached hydrogen (secondary N) is 1. The number of fused-ring (bicyclic) bond motifs is 4. The molecule has 0 spiro atoms. The second-order valence-corrected chi connectivity index (χ2v) is 11.7. The first-order valence-electron chi connectivity index (χ1n) is 11.2. The molecular weight excluding hydrogens is 476 g/mol. The largest absolute Gasteiger partial charge is 0.444 e. The maximum absolute atomic E-state index is 13.3. The molecule has 0 saturated carbocycles. The van der Waals surface area contributed by atoms with E-state index < -0.39 is 11.5 Å². The number of nitrogens with zero attached hydrogens (tertiary/aromatic N) is 2. The molecule has 4 amide bonds. The fourth-order valence-corrected chi connectivity index (χ4v) is 6.12. The molecule has 4 rings (SSSR count). The van der Waals surface area contributed by atoms with Gasteiger partial charge in [0.1, 0.15) is 16.3 Å². The minimum absolute atomic E-state index is 0.0649. The molecule has 2 aromatic rings. The number of carbonyl (C=O) groups excluding carboxylic acids is 3. The lowest BCUT2D eigenvalue weighted by molar-refractivity contribution is 0.0129. The average molecular weight is 506 g/mol. The molecule has 10 heteroatoms. The molecule has 8 nitrogen and oxygen atoms in total. The lowest BCUT2D eigenvalue weighted by atomic mass is 9.97. The second kappa shape index (κ2) is 8.55. The second-order valence-electron chi connectivity index (χ2n) is 10.2. The molecule has 1 fully saturated rings. The van der Waals surface area contributed by atoms with Crippen molar-refractivity contribution in [2.24, 2.45) is 5.73 Å². The normalized spacial score (nSPS) is 19.5. The summed E-state index contributed by atoms with van der Waals surface area (Å²) in [6.07, 6.45) is 1.75. The zero-order chi connectivity index (χ0) is 25.0. The van der Waals surface area contributed by atoms with Gasteiger partial charge < -0.3 is 10.5 Å². The van der Waals surface area contributed by atoms with E-state index in [1.54, 1.807) is 43.3 Å². The SMILES string of the molecule is CC(C)(C)OC(=O)N1C2CCC1c1sc(NC(=O)[N+](C)(C)c3ccc(Cl)cc3)c(C(N)=O)c1C2. The number of hydrogen-bond donors (Lipinski definition) is 2. The van der Waals surface area contributed by atoms with Crippen molar-refractivity contribution >= 4 is 51.7 Å². The third-order valence-corrected chi connectivity index (χ3v) is 7.83. The number of anilines is 1. The van der Waals surface area contributed by atoms with E-state index in [0.717, 1.165) is 29.0 Å². The third kappa shape index (κ3) is 4.39. The summed E-state index contributed by atoms with van der Waals surface area (Å²) in [5.41, 5.74) is 7.08. The van der Waals surface area contributed by atoms with Crippen LogP contribution in [-0.4, -0.2) is 48.7 Å². The Kier molecular flexibility index (Phi) is 6.16. The lowest BCUT2D eigenvalue weighted by Crippen LogP contribution is -2.49. The van der Waals surface area contributed by atoms with E-state index >= 15 is 0 Å². The van der Waals surface area contributed by atoms with Gasteiger partial charge in [0.25, 0.3) is 5.91 Å². The summed E-state index contributed by atoms with van der Waals surface area (Å²) in [7, 11) is 3.50. The Hall–Kier alpha value is -2.62. The Bertz CT molecular complexity index is 1150. The van der Waals surface area contributed by atoms with E-state index in [0.29, 0.717) is 22.0 Å². The zero-order valence-corrected chi connectivity index (χ0v) is 21.5. The van der Waals surface area contributed by atoms with E-state index in [4.69, 9.17) is 22.1 Å². The highest BCUT2D eigenvalue weighted by molar-refractivity contribution is 7.17. The molecule has 34 heavy (non-hydrogen) atoms. The van der Waals surface area contributed by atoms with Crippen LogP contribution in [0.2, 0.25) is 5.02 Å². The highest BCUT2D eigenvalue weighted by Gasteiger charge is 2.47. The van der Waals surface area contributed by atoms with Crippen molar-refractivity contribution in [3.05, 3.63) is 45.3 Å². The van der Waals surface area contributed by atoms with E-state index in [1.165, 1.54) is 11.3 Å². The van der Waals surface area contributed by atoms with Gasteiger partial charge in [-0.3, -0.25) is 15.0 Å². The van der Waals surface area contributed by atoms with Gasteiger partial charge in [0.05, 0.1) is 25.7 Å². The summed E-state index contributed by atoms with van der Waals surface area (Å²) < 4.78 is 5.54. The van der Waals surface area contributed by atoms with Crippen molar-refractivity contribution in [2.45, 2.75) is 57.7 Å². The fourth-order valence-electron chi connectivity index (χ4n) is 4.64. The van der Waals surface area contributed by atoms with Gasteiger partial charge in [0.2, 0.25) is 0 Å². The van der Waals surface area contributed by atoms with Crippen LogP contribution < -0.4 is 15.5 Å². The number of ether oxygens (including phenoxy) is 1. The maximum atomic E-state index is 13.3. The first-order chi connectivity index (χ1) is 15.8. The van der Waals surface area contributed by atoms with E-state index in [2.05, 4.69) is 5.32 Å². The number of carbonyl (C=O) groups is 3. The number of nitrogens with two attached hydrogens (primary N) is 1. The van der Waals surface area contributed by atoms with Crippen LogP contribution >= 0.6 is 22.9 Å². The molecule has 1 aromatic heterocycles. The molecular formula is C24H30ClN4O4S+. The van der Waals surface area contributed by atoms with Gasteiger partial charge in [-0.2, -0.15) is 0 Å². The van der Waals surface area contributed by atoms with Crippen LogP contribution in [-0.2, 0) is 11.2 Å². The van der Waals surface area contributed by atoms with Crippen molar-refractivity contribution in [1.29, 1.82) is 0 Å². The summed E-state index contributed by atoms with van der Waals surface area (Å²) in [4.78, 5) is 41.4. The maximum Gasteiger partial charge on any atom is 0.426 e. The van der Waals surface area contributed by atoms with Crippen LogP contribution in [0, 0.1) is 0 Å². The lowest BCUT2D eigenvalue weighted by Gasteiger charge is -2.36. The molecule has 1 saturated heterocycles. The summed E-state index contributed by atoms with van der Waals surface area (Å²) in [5, 5.41) is 3.92. The van der Waals surface area contributed by atoms with Gasteiger partial charge in [-0.15, -0.1) is 11.3 Å². The smallest absolute Gasteiger partial charge is 0.426 e. The number of hydrogen-bond acceptors (Lipinski definition) is 5. The summed E-state index contributed by atoms with van der Waals surface area (Å²) in [6, 6.07) is 6.44. The fraction of sp³-hybridized carbons (Fsp3) is 0.458. The Labute approximate surface area is 208 Å². The monoisotopic (exact) mass is 505 g/mol. The molecule has 2 unspecified atom stereocenters. The number of quaternary nitrogens is 1. The number of benzene rings is 1. The van der Waals surface area contributed by atoms with Gasteiger partial charge in [-0.05, 0) is 57.7 Å². The molecule has 2 aliphatic heterocycles. The van der Waals surface area contributed by atoms with Gasteiger partial charge in [-0.1, -0.05) is 11.6 Å². The Morgan fingerprint density at radius 1 is 1.18 bits per heavy atom. The van der Waals surface area contributed by atoms with Gasteiger partial charge in [0, 0.05) is 28.1 Å². The van der Waals surface area contributed by atoms with Crippen LogP contribution in [0.25, 0.3) is 0 Å². The van der Waals surface area contributed by atoms with Crippen LogP contribution in [0.4, 0.5) is 20.3 Å². The first-order valence-corrected chi connectivity index (χ1v) is 12.4. The number of primary amides is 1. The summed E-state index contributed by atoms with van der Waals surface area (Å²) >= 11 is 7.31. The van der Waals surface area contributed by atoms with Crippen LogP contribution in [0.15, 0.2) is 24.3 Å². The van der Waals surface area contributed by atoms with E-state index in [9.17, 15) is 14.4 Å². The molecule has 2 aliphatic rings. The number of halogens is 1. The topological polar surface area (TPSA) is 102 Å². The van der Waals surface area contributed by atoms with Gasteiger partial charge >= 0.3 is 12.1 Å². The highest BCUT2D eigenvalue weighted by atomic mass is 35.5. The van der Waals surface area contributed by atoms with Gasteiger partial charge in [-0.25, -0.2) is 14.1 Å². The Morgan fingerprint density at radius 3 is 2.41 bits per heavy atom. The predicted octanol–water partition coefficient (Wildman–Crippen LogP) is 5.30. The van der Waals surface area contributed by atoms with E-state index in [1.807, 2.05) is 20.8 Å². The average Bonchev–Trinajstić information content (AvgIpc) is 3.25. The van der Waals surface area contributed by atoms with Crippen LogP contribution in [0.5, 0.6) is 0 Å². The molecule has 182 valence electrons. The molecule has 0 aliphatic carbocycles. The van der Waals surface area contributed by atoms with Crippen molar-refractivity contribution < 1.29 is 19.1 Å². The number of amides is 4. The van der Waals surface area contributed by atoms with Crippen molar-refractivity contribution in [3.8, 4) is 0 Å². The van der Waals surface area contributed by atoms with Crippen LogP contribution in [0.1, 0.15) is 60.5 Å². The van der Waals surface area contributed by atoms with Crippen molar-refractivity contribution in [1.82, 2.24) is 9.38 Å². The molecule has 0 radical (unpaired) electrons. The van der Waals surface area contributed by atoms with Crippen molar-refractivity contribution in [2.75, 3.05) is 19.4 Å². The van der Waals surface area contributed by atoms with Crippen LogP contribution in [0.3, 0.4) is 0 Å². The first kappa shape index (κ1) is 24.5. The molecule has 3 heterocycles. The minimum atomic E-state index is -0.602. The number of rotatable bonds is 3. The molecule has 2 bridgehead atoms. The number of urea groups is 1. The molecule has 1 aromatic carbocycles. The highest BCUT2D eigenvalue weighted by Crippen LogP contribution is 2.50. The molecule has 2 atom stereocenters. The van der Waals surface area contributed by atoms with E-state index in [-0.39, 0.29) is 28.7 Å². The standard InChI is InChI=1S/C24H29ClN4O4S/c1-24(2,3)33-23(32)28-14-8-11-17(28)19-16(12-14)18(20(26)30)21(34-19)27-22(31)29(4,5)15-9-6-13(25)7-10-15/h6-7,9-10,14,17H,8,11-12H2,1-5H3,(H2-,26,27,30,31)/p+1. The summed E-state index contributed by atoms with van der Waals surface area (Å²) in [5.74, 6) is -0.588. The van der Waals surface area contributed by atoms with Crippen molar-refractivity contribution in [3.63, 3.8) is 0 Å². The summed E-state index contributed by atoms with van der Waals surface area (Å²) in [6.45, 7) is 5.52. The minimum Gasteiger partial charge on any atom is -0.444 e. The zero-order valence-electron chi connectivity index (χ0n) is 20.0. The number of thiophene rings is 1.